The lowest BCUT2D eigenvalue weighted by Crippen LogP contribution is -2.06. The highest BCUT2D eigenvalue weighted by molar-refractivity contribution is 5.74. The van der Waals surface area contributed by atoms with E-state index in [0.29, 0.717) is 6.54 Å². The van der Waals surface area contributed by atoms with Crippen LogP contribution in [0.5, 0.6) is 0 Å². The molecule has 0 atom stereocenters. The molecule has 92 valence electrons. The summed E-state index contributed by atoms with van der Waals surface area (Å²) in [5.74, 6) is 0.159. The number of fused-ring (bicyclic) bond motifs is 1. The summed E-state index contributed by atoms with van der Waals surface area (Å²) in [5, 5.41) is 12.7. The van der Waals surface area contributed by atoms with Crippen molar-refractivity contribution in [2.75, 3.05) is 0 Å². The van der Waals surface area contributed by atoms with Gasteiger partial charge in [-0.2, -0.15) is 5.26 Å². The number of aryl methyl sites for hydroxylation is 1. The number of para-hydroxylation sites is 2. The van der Waals surface area contributed by atoms with Crippen LogP contribution >= 0.6 is 0 Å². The van der Waals surface area contributed by atoms with Gasteiger partial charge in [-0.25, -0.2) is 19.6 Å². The lowest BCUT2D eigenvalue weighted by atomic mass is 10.2. The van der Waals surface area contributed by atoms with E-state index in [1.807, 2.05) is 37.3 Å². The van der Waals surface area contributed by atoms with Crippen molar-refractivity contribution in [1.29, 1.82) is 5.26 Å². The third-order valence-electron chi connectivity index (χ3n) is 2.79. The van der Waals surface area contributed by atoms with Gasteiger partial charge in [-0.1, -0.05) is 12.1 Å². The average molecular weight is 250 g/mol. The Hall–Kier alpha value is -2.81. The van der Waals surface area contributed by atoms with Crippen LogP contribution in [0.25, 0.3) is 11.0 Å². The molecule has 0 aliphatic heterocycles. The Labute approximate surface area is 109 Å². The highest BCUT2D eigenvalue weighted by atomic mass is 15.3. The third kappa shape index (κ3) is 2.13. The lowest BCUT2D eigenvalue weighted by Gasteiger charge is -2.06. The van der Waals surface area contributed by atoms with Gasteiger partial charge < -0.3 is 0 Å². The predicted molar refractivity (Wildman–Crippen MR) is 68.1 cm³/mol. The number of rotatable bonds is 2. The van der Waals surface area contributed by atoms with E-state index < -0.39 is 0 Å². The minimum Gasteiger partial charge on any atom is -0.250 e. The summed E-state index contributed by atoms with van der Waals surface area (Å²) in [6, 6.07) is 9.62. The zero-order valence-electron chi connectivity index (χ0n) is 10.3. The van der Waals surface area contributed by atoms with Gasteiger partial charge in [0.05, 0.1) is 29.0 Å². The molecule has 0 unspecified atom stereocenters. The van der Waals surface area contributed by atoms with Gasteiger partial charge in [-0.3, -0.25) is 0 Å². The van der Waals surface area contributed by atoms with Gasteiger partial charge in [0, 0.05) is 0 Å². The molecule has 0 N–H and O–H groups in total. The highest BCUT2D eigenvalue weighted by Gasteiger charge is 2.07. The first-order chi connectivity index (χ1) is 9.26. The first kappa shape index (κ1) is 11.3. The Morgan fingerprint density at radius 1 is 1.21 bits per heavy atom. The molecular formula is C13H10N6. The molecule has 2 aromatic heterocycles. The van der Waals surface area contributed by atoms with Crippen LogP contribution in [0.15, 0.2) is 30.6 Å². The number of nitrogens with zero attached hydrogens (tertiary/aromatic N) is 6. The summed E-state index contributed by atoms with van der Waals surface area (Å²) in [6.45, 7) is 2.37. The van der Waals surface area contributed by atoms with Crippen LogP contribution < -0.4 is 0 Å². The smallest absolute Gasteiger partial charge is 0.250 e. The number of nitriles is 1. The van der Waals surface area contributed by atoms with E-state index in [9.17, 15) is 0 Å². The SMILES string of the molecule is Cc1nc2ccccc2nc1Cn1cnc(C#N)n1. The average Bonchev–Trinajstić information content (AvgIpc) is 2.87. The molecule has 0 bridgehead atoms. The van der Waals surface area contributed by atoms with E-state index in [-0.39, 0.29) is 5.82 Å². The molecule has 0 aliphatic rings. The minimum atomic E-state index is 0.159. The second-order valence-electron chi connectivity index (χ2n) is 4.12. The Balaban J connectivity index is 2.00. The van der Waals surface area contributed by atoms with Gasteiger partial charge in [0.15, 0.2) is 0 Å². The van der Waals surface area contributed by atoms with E-state index in [0.717, 1.165) is 22.4 Å². The van der Waals surface area contributed by atoms with Crippen molar-refractivity contribution in [3.05, 3.63) is 47.8 Å². The van der Waals surface area contributed by atoms with Crippen LogP contribution in [0, 0.1) is 18.3 Å². The molecule has 19 heavy (non-hydrogen) atoms. The number of benzene rings is 1. The van der Waals surface area contributed by atoms with Gasteiger partial charge in [-0.05, 0) is 19.1 Å². The fraction of sp³-hybridized carbons (Fsp3) is 0.154. The van der Waals surface area contributed by atoms with Crippen molar-refractivity contribution in [3.63, 3.8) is 0 Å². The summed E-state index contributed by atoms with van der Waals surface area (Å²) in [7, 11) is 0. The van der Waals surface area contributed by atoms with E-state index in [2.05, 4.69) is 20.1 Å². The maximum atomic E-state index is 8.70. The molecular weight excluding hydrogens is 240 g/mol. The molecule has 6 nitrogen and oxygen atoms in total. The third-order valence-corrected chi connectivity index (χ3v) is 2.79. The van der Waals surface area contributed by atoms with Gasteiger partial charge in [-0.15, -0.1) is 5.10 Å². The van der Waals surface area contributed by atoms with Crippen molar-refractivity contribution in [2.45, 2.75) is 13.5 Å². The Bertz CT molecular complexity index is 783. The van der Waals surface area contributed by atoms with E-state index >= 15 is 0 Å². The number of hydrogen-bond acceptors (Lipinski definition) is 5. The fourth-order valence-electron chi connectivity index (χ4n) is 1.85. The van der Waals surface area contributed by atoms with Crippen LogP contribution in [-0.4, -0.2) is 24.7 Å². The zero-order valence-corrected chi connectivity index (χ0v) is 10.3. The Morgan fingerprint density at radius 2 is 1.95 bits per heavy atom. The first-order valence-corrected chi connectivity index (χ1v) is 5.78. The summed E-state index contributed by atoms with van der Waals surface area (Å²) in [5.41, 5.74) is 3.41. The van der Waals surface area contributed by atoms with Crippen molar-refractivity contribution >= 4 is 11.0 Å². The van der Waals surface area contributed by atoms with Crippen LogP contribution in [-0.2, 0) is 6.54 Å². The molecule has 0 spiro atoms. The molecule has 0 saturated carbocycles. The minimum absolute atomic E-state index is 0.159. The molecule has 0 amide bonds. The molecule has 2 heterocycles. The number of aromatic nitrogens is 5. The van der Waals surface area contributed by atoms with Gasteiger partial charge in [0.2, 0.25) is 0 Å². The van der Waals surface area contributed by atoms with E-state index in [4.69, 9.17) is 5.26 Å². The Morgan fingerprint density at radius 3 is 2.63 bits per heavy atom. The molecule has 0 aliphatic carbocycles. The predicted octanol–water partition coefficient (Wildman–Crippen LogP) is 1.45. The van der Waals surface area contributed by atoms with Crippen molar-refractivity contribution in [3.8, 4) is 6.07 Å². The highest BCUT2D eigenvalue weighted by Crippen LogP contribution is 2.12. The van der Waals surface area contributed by atoms with Crippen molar-refractivity contribution in [1.82, 2.24) is 24.7 Å². The second-order valence-corrected chi connectivity index (χ2v) is 4.12. The standard InChI is InChI=1S/C13H10N6/c1-9-12(7-19-8-15-13(6-14)18-19)17-11-5-3-2-4-10(11)16-9/h2-5,8H,7H2,1H3. The van der Waals surface area contributed by atoms with Crippen molar-refractivity contribution in [2.24, 2.45) is 0 Å². The van der Waals surface area contributed by atoms with Gasteiger partial charge >= 0.3 is 0 Å². The number of hydrogen-bond donors (Lipinski definition) is 0. The molecule has 6 heteroatoms. The molecule has 0 radical (unpaired) electrons. The maximum absolute atomic E-state index is 8.70. The summed E-state index contributed by atoms with van der Waals surface area (Å²) < 4.78 is 1.59. The topological polar surface area (TPSA) is 80.3 Å². The monoisotopic (exact) mass is 250 g/mol. The van der Waals surface area contributed by atoms with E-state index in [1.165, 1.54) is 6.33 Å². The Kier molecular flexibility index (Phi) is 2.65. The normalized spacial score (nSPS) is 10.5. The second kappa shape index (κ2) is 4.46. The lowest BCUT2D eigenvalue weighted by molar-refractivity contribution is 0.664. The summed E-state index contributed by atoms with van der Waals surface area (Å²) in [6.07, 6.45) is 1.52. The zero-order chi connectivity index (χ0) is 13.2. The van der Waals surface area contributed by atoms with E-state index in [1.54, 1.807) is 4.68 Å². The quantitative estimate of drug-likeness (QED) is 0.687. The maximum Gasteiger partial charge on any atom is 0.252 e. The molecule has 0 saturated heterocycles. The van der Waals surface area contributed by atoms with Gasteiger partial charge in [0.1, 0.15) is 12.4 Å². The van der Waals surface area contributed by atoms with Crippen LogP contribution in [0.2, 0.25) is 0 Å². The fourth-order valence-corrected chi connectivity index (χ4v) is 1.85. The van der Waals surface area contributed by atoms with Gasteiger partial charge in [0.25, 0.3) is 5.82 Å². The molecule has 1 aromatic carbocycles. The molecule has 3 rings (SSSR count). The van der Waals surface area contributed by atoms with Crippen LogP contribution in [0.1, 0.15) is 17.2 Å². The summed E-state index contributed by atoms with van der Waals surface area (Å²) >= 11 is 0. The van der Waals surface area contributed by atoms with Crippen LogP contribution in [0.4, 0.5) is 0 Å². The largest absolute Gasteiger partial charge is 0.252 e. The van der Waals surface area contributed by atoms with Crippen LogP contribution in [0.3, 0.4) is 0 Å². The molecule has 0 fully saturated rings. The summed E-state index contributed by atoms with van der Waals surface area (Å²) in [4.78, 5) is 12.9. The van der Waals surface area contributed by atoms with Crippen molar-refractivity contribution < 1.29 is 0 Å². The molecule has 3 aromatic rings. The first-order valence-electron chi connectivity index (χ1n) is 5.78.